The molecule has 3 aromatic rings. The lowest BCUT2D eigenvalue weighted by Gasteiger charge is -2.14. The molecule has 190 valence electrons. The highest BCUT2D eigenvalue weighted by molar-refractivity contribution is 6.68. The maximum atomic E-state index is 12.4. The van der Waals surface area contributed by atoms with Crippen LogP contribution in [0.5, 0.6) is 17.5 Å². The summed E-state index contributed by atoms with van der Waals surface area (Å²) in [6, 6.07) is 11.2. The molecule has 3 N–H and O–H groups in total. The van der Waals surface area contributed by atoms with Crippen LogP contribution < -0.4 is 25.3 Å². The van der Waals surface area contributed by atoms with E-state index in [1.54, 1.807) is 0 Å². The minimum Gasteiger partial charge on any atom is -0.489 e. The van der Waals surface area contributed by atoms with Gasteiger partial charge in [-0.25, -0.2) is 0 Å². The number of nitrogens with zero attached hydrogens (tertiary/aromatic N) is 3. The Labute approximate surface area is 209 Å². The zero-order valence-electron chi connectivity index (χ0n) is 18.9. The molecule has 0 atom stereocenters. The van der Waals surface area contributed by atoms with Crippen molar-refractivity contribution in [2.45, 2.75) is 13.1 Å². The summed E-state index contributed by atoms with van der Waals surface area (Å²) in [5.74, 6) is 0.233. The van der Waals surface area contributed by atoms with Crippen LogP contribution in [0.3, 0.4) is 0 Å². The van der Waals surface area contributed by atoms with Gasteiger partial charge < -0.3 is 25.3 Å². The molecule has 0 aliphatic heterocycles. The molecular formula is C23H21ClF3N5O4. The van der Waals surface area contributed by atoms with E-state index in [-0.39, 0.29) is 36.4 Å². The number of nitrogens with two attached hydrogens (primary N) is 1. The first-order chi connectivity index (χ1) is 17.0. The van der Waals surface area contributed by atoms with Gasteiger partial charge in [0.1, 0.15) is 24.7 Å². The van der Waals surface area contributed by atoms with Gasteiger partial charge >= 0.3 is 12.2 Å². The van der Waals surface area contributed by atoms with Crippen molar-refractivity contribution in [2.75, 3.05) is 30.9 Å². The van der Waals surface area contributed by atoms with Crippen LogP contribution in [0.2, 0.25) is 0 Å². The fourth-order valence-electron chi connectivity index (χ4n) is 2.69. The summed E-state index contributed by atoms with van der Waals surface area (Å²) in [4.78, 5) is 22.9. The van der Waals surface area contributed by atoms with Gasteiger partial charge in [-0.2, -0.15) is 28.1 Å². The molecule has 2 aromatic carbocycles. The van der Waals surface area contributed by atoms with E-state index in [1.807, 2.05) is 31.2 Å². The highest BCUT2D eigenvalue weighted by atomic mass is 35.5. The van der Waals surface area contributed by atoms with Crippen LogP contribution in [-0.4, -0.2) is 46.2 Å². The van der Waals surface area contributed by atoms with Crippen molar-refractivity contribution in [3.63, 3.8) is 0 Å². The first-order valence-corrected chi connectivity index (χ1v) is 10.7. The number of hydrogen-bond donors (Lipinski definition) is 2. The molecule has 0 unspecified atom stereocenters. The number of nitrogen functional groups attached to an aromatic ring is 1. The molecule has 0 saturated carbocycles. The predicted octanol–water partition coefficient (Wildman–Crippen LogP) is 4.84. The summed E-state index contributed by atoms with van der Waals surface area (Å²) in [5, 5.41) is 1.98. The predicted molar refractivity (Wildman–Crippen MR) is 127 cm³/mol. The van der Waals surface area contributed by atoms with Crippen molar-refractivity contribution < 1.29 is 32.2 Å². The number of aromatic nitrogens is 3. The number of anilines is 3. The SMILES string of the molecule is C=C(COc1ccc(C)cc1)COc1cc(Nc2nc(N)nc(OCC(F)(F)F)n2)ccc1C(=O)Cl. The van der Waals surface area contributed by atoms with E-state index < -0.39 is 24.0 Å². The molecule has 0 aliphatic rings. The van der Waals surface area contributed by atoms with Crippen molar-refractivity contribution in [1.82, 2.24) is 15.0 Å². The Morgan fingerprint density at radius 2 is 1.75 bits per heavy atom. The Morgan fingerprint density at radius 3 is 2.42 bits per heavy atom. The first kappa shape index (κ1) is 26.5. The fourth-order valence-corrected chi connectivity index (χ4v) is 2.85. The lowest BCUT2D eigenvalue weighted by atomic mass is 10.2. The highest BCUT2D eigenvalue weighted by Crippen LogP contribution is 2.27. The first-order valence-electron chi connectivity index (χ1n) is 10.3. The van der Waals surface area contributed by atoms with Gasteiger partial charge in [0.05, 0.1) is 5.56 Å². The smallest absolute Gasteiger partial charge is 0.422 e. The van der Waals surface area contributed by atoms with E-state index in [0.717, 1.165) is 5.56 Å². The lowest BCUT2D eigenvalue weighted by Crippen LogP contribution is -2.20. The second-order valence-corrected chi connectivity index (χ2v) is 7.80. The van der Waals surface area contributed by atoms with Crippen LogP contribution in [0.25, 0.3) is 0 Å². The van der Waals surface area contributed by atoms with Gasteiger partial charge in [0.25, 0.3) is 5.24 Å². The number of ether oxygens (including phenoxy) is 3. The third-order valence-corrected chi connectivity index (χ3v) is 4.55. The second kappa shape index (κ2) is 11.6. The van der Waals surface area contributed by atoms with Crippen LogP contribution in [0.4, 0.5) is 30.8 Å². The quantitative estimate of drug-likeness (QED) is 0.268. The molecule has 0 bridgehead atoms. The second-order valence-electron chi connectivity index (χ2n) is 7.45. The summed E-state index contributed by atoms with van der Waals surface area (Å²) < 4.78 is 53.1. The molecule has 0 amide bonds. The zero-order chi connectivity index (χ0) is 26.3. The summed E-state index contributed by atoms with van der Waals surface area (Å²) in [5.41, 5.74) is 7.62. The summed E-state index contributed by atoms with van der Waals surface area (Å²) in [7, 11) is 0. The summed E-state index contributed by atoms with van der Waals surface area (Å²) >= 11 is 5.66. The average Bonchev–Trinajstić information content (AvgIpc) is 2.80. The minimum atomic E-state index is -4.58. The van der Waals surface area contributed by atoms with E-state index in [0.29, 0.717) is 17.0 Å². The Kier molecular flexibility index (Phi) is 8.54. The minimum absolute atomic E-state index is 0.0145. The molecule has 0 spiro atoms. The number of rotatable bonds is 11. The van der Waals surface area contributed by atoms with E-state index in [9.17, 15) is 18.0 Å². The Morgan fingerprint density at radius 1 is 1.06 bits per heavy atom. The lowest BCUT2D eigenvalue weighted by molar-refractivity contribution is -0.154. The number of alkyl halides is 3. The molecule has 1 heterocycles. The maximum Gasteiger partial charge on any atom is 0.422 e. The molecule has 9 nitrogen and oxygen atoms in total. The molecular weight excluding hydrogens is 503 g/mol. The summed E-state index contributed by atoms with van der Waals surface area (Å²) in [6.45, 7) is 4.46. The number of aryl methyl sites for hydroxylation is 1. The molecule has 36 heavy (non-hydrogen) atoms. The Bertz CT molecular complexity index is 1240. The molecule has 0 aliphatic carbocycles. The van der Waals surface area contributed by atoms with E-state index >= 15 is 0 Å². The van der Waals surface area contributed by atoms with Gasteiger partial charge in [-0.3, -0.25) is 4.79 Å². The third kappa shape index (κ3) is 8.31. The number of nitrogens with one attached hydrogen (secondary N) is 1. The molecule has 3 rings (SSSR count). The summed E-state index contributed by atoms with van der Waals surface area (Å²) in [6.07, 6.45) is -4.58. The van der Waals surface area contributed by atoms with Crippen molar-refractivity contribution in [3.05, 3.63) is 65.7 Å². The van der Waals surface area contributed by atoms with Crippen LogP contribution in [-0.2, 0) is 0 Å². The normalized spacial score (nSPS) is 11.0. The van der Waals surface area contributed by atoms with E-state index in [1.165, 1.54) is 18.2 Å². The molecule has 0 fully saturated rings. The molecule has 13 heteroatoms. The van der Waals surface area contributed by atoms with Crippen molar-refractivity contribution in [3.8, 4) is 17.5 Å². The van der Waals surface area contributed by atoms with E-state index in [2.05, 4.69) is 31.6 Å². The number of carbonyl (C=O) groups is 1. The standard InChI is InChI=1S/C23H21ClF3N5O4/c1-13-3-6-16(7-4-13)34-10-14(2)11-35-18-9-15(5-8-17(18)19(24)33)29-21-30-20(28)31-22(32-21)36-12-23(25,26)27/h3-9H,2,10-12H2,1H3,(H3,28,29,30,31,32). The largest absolute Gasteiger partial charge is 0.489 e. The Hall–Kier alpha value is -4.06. The number of carbonyl (C=O) groups excluding carboxylic acids is 1. The maximum absolute atomic E-state index is 12.4. The number of hydrogen-bond acceptors (Lipinski definition) is 9. The third-order valence-electron chi connectivity index (χ3n) is 4.34. The number of halogens is 4. The average molecular weight is 524 g/mol. The van der Waals surface area contributed by atoms with Crippen molar-refractivity contribution >= 4 is 34.4 Å². The van der Waals surface area contributed by atoms with Gasteiger partial charge in [0.15, 0.2) is 6.61 Å². The van der Waals surface area contributed by atoms with Crippen LogP contribution >= 0.6 is 11.6 Å². The van der Waals surface area contributed by atoms with Crippen LogP contribution in [0.1, 0.15) is 15.9 Å². The van der Waals surface area contributed by atoms with Crippen molar-refractivity contribution in [1.29, 1.82) is 0 Å². The van der Waals surface area contributed by atoms with E-state index in [4.69, 9.17) is 26.8 Å². The van der Waals surface area contributed by atoms with Crippen LogP contribution in [0, 0.1) is 6.92 Å². The number of benzene rings is 2. The van der Waals surface area contributed by atoms with Crippen LogP contribution in [0.15, 0.2) is 54.6 Å². The van der Waals surface area contributed by atoms with Gasteiger partial charge in [0.2, 0.25) is 11.9 Å². The topological polar surface area (TPSA) is 121 Å². The Balaban J connectivity index is 1.68. The zero-order valence-corrected chi connectivity index (χ0v) is 19.7. The molecule has 0 saturated heterocycles. The highest BCUT2D eigenvalue weighted by Gasteiger charge is 2.29. The van der Waals surface area contributed by atoms with Gasteiger partial charge in [-0.05, 0) is 48.4 Å². The van der Waals surface area contributed by atoms with Gasteiger partial charge in [-0.15, -0.1) is 0 Å². The van der Waals surface area contributed by atoms with Gasteiger partial charge in [0, 0.05) is 11.8 Å². The molecule has 0 radical (unpaired) electrons. The van der Waals surface area contributed by atoms with Gasteiger partial charge in [-0.1, -0.05) is 24.3 Å². The fraction of sp³-hybridized carbons (Fsp3) is 0.217. The molecule has 1 aromatic heterocycles. The monoisotopic (exact) mass is 523 g/mol. The van der Waals surface area contributed by atoms with Crippen molar-refractivity contribution in [2.24, 2.45) is 0 Å².